The number of nitrogens with one attached hydrogen (secondary N) is 1. The van der Waals surface area contributed by atoms with Crippen molar-refractivity contribution >= 4 is 11.3 Å². The fourth-order valence-electron chi connectivity index (χ4n) is 2.34. The summed E-state index contributed by atoms with van der Waals surface area (Å²) < 4.78 is 5.18. The van der Waals surface area contributed by atoms with Crippen molar-refractivity contribution in [1.29, 1.82) is 0 Å². The Morgan fingerprint density at radius 3 is 2.45 bits per heavy atom. The third-order valence-electron chi connectivity index (χ3n) is 3.67. The van der Waals surface area contributed by atoms with Crippen molar-refractivity contribution in [2.45, 2.75) is 31.7 Å². The van der Waals surface area contributed by atoms with E-state index in [2.05, 4.69) is 42.0 Å². The lowest BCUT2D eigenvalue weighted by Gasteiger charge is -2.15. The lowest BCUT2D eigenvalue weighted by molar-refractivity contribution is 0.414. The maximum absolute atomic E-state index is 5.18. The van der Waals surface area contributed by atoms with Crippen LogP contribution >= 0.6 is 11.3 Å². The molecule has 0 aliphatic carbocycles. The van der Waals surface area contributed by atoms with Gasteiger partial charge in [-0.2, -0.15) is 0 Å². The van der Waals surface area contributed by atoms with Crippen LogP contribution in [-0.2, 0) is 12.8 Å². The molecule has 1 aromatic carbocycles. The molecule has 2 aromatic rings. The highest BCUT2D eigenvalue weighted by Crippen LogP contribution is 2.16. The Morgan fingerprint density at radius 1 is 1.10 bits per heavy atom. The molecule has 0 saturated heterocycles. The number of thiophene rings is 1. The van der Waals surface area contributed by atoms with Gasteiger partial charge in [-0.05, 0) is 61.9 Å². The van der Waals surface area contributed by atoms with Crippen LogP contribution in [0.5, 0.6) is 5.75 Å². The maximum atomic E-state index is 5.18. The third kappa shape index (κ3) is 4.66. The number of ether oxygens (including phenoxy) is 1. The molecule has 0 saturated carbocycles. The standard InChI is InChI=1S/C17H23NOS/c1-18-15(9-12-17-4-3-13-20-17)8-5-14-6-10-16(19-2)11-7-14/h3-4,6-7,10-11,13,15,18H,5,8-9,12H2,1-2H3. The first-order valence-corrected chi connectivity index (χ1v) is 8.02. The fraction of sp³-hybridized carbons (Fsp3) is 0.412. The molecule has 2 nitrogen and oxygen atoms in total. The topological polar surface area (TPSA) is 21.3 Å². The van der Waals surface area contributed by atoms with E-state index in [-0.39, 0.29) is 0 Å². The van der Waals surface area contributed by atoms with Gasteiger partial charge < -0.3 is 10.1 Å². The van der Waals surface area contributed by atoms with Gasteiger partial charge in [-0.1, -0.05) is 18.2 Å². The van der Waals surface area contributed by atoms with Crippen molar-refractivity contribution in [3.05, 3.63) is 52.2 Å². The molecule has 0 spiro atoms. The lowest BCUT2D eigenvalue weighted by atomic mass is 10.0. The highest BCUT2D eigenvalue weighted by atomic mass is 32.1. The third-order valence-corrected chi connectivity index (χ3v) is 4.60. The Bertz CT molecular complexity index is 478. The second-order valence-electron chi connectivity index (χ2n) is 4.99. The van der Waals surface area contributed by atoms with E-state index in [0.717, 1.165) is 12.2 Å². The molecule has 3 heteroatoms. The summed E-state index contributed by atoms with van der Waals surface area (Å²) in [4.78, 5) is 1.48. The monoisotopic (exact) mass is 289 g/mol. The fourth-order valence-corrected chi connectivity index (χ4v) is 3.06. The molecule has 2 rings (SSSR count). The summed E-state index contributed by atoms with van der Waals surface area (Å²) in [5.41, 5.74) is 1.38. The van der Waals surface area contributed by atoms with Gasteiger partial charge in [0.05, 0.1) is 7.11 Å². The molecular weight excluding hydrogens is 266 g/mol. The summed E-state index contributed by atoms with van der Waals surface area (Å²) in [6, 6.07) is 13.3. The largest absolute Gasteiger partial charge is 0.497 e. The molecule has 1 atom stereocenters. The van der Waals surface area contributed by atoms with Crippen molar-refractivity contribution in [2.24, 2.45) is 0 Å². The maximum Gasteiger partial charge on any atom is 0.118 e. The van der Waals surface area contributed by atoms with Crippen molar-refractivity contribution in [1.82, 2.24) is 5.32 Å². The Hall–Kier alpha value is -1.32. The average Bonchev–Trinajstić information content (AvgIpc) is 3.01. The minimum Gasteiger partial charge on any atom is -0.497 e. The molecular formula is C17H23NOS. The normalized spacial score (nSPS) is 12.3. The van der Waals surface area contributed by atoms with Crippen LogP contribution in [-0.4, -0.2) is 20.2 Å². The van der Waals surface area contributed by atoms with Gasteiger partial charge in [-0.25, -0.2) is 0 Å². The molecule has 0 aliphatic rings. The summed E-state index contributed by atoms with van der Waals surface area (Å²) in [6.45, 7) is 0. The zero-order valence-corrected chi connectivity index (χ0v) is 13.1. The minimum absolute atomic E-state index is 0.583. The van der Waals surface area contributed by atoms with E-state index in [0.29, 0.717) is 6.04 Å². The highest BCUT2D eigenvalue weighted by molar-refractivity contribution is 7.09. The first-order chi connectivity index (χ1) is 9.81. The van der Waals surface area contributed by atoms with Crippen molar-refractivity contribution in [3.8, 4) is 5.75 Å². The Balaban J connectivity index is 1.77. The van der Waals surface area contributed by atoms with Gasteiger partial charge in [-0.3, -0.25) is 0 Å². The van der Waals surface area contributed by atoms with E-state index in [4.69, 9.17) is 4.74 Å². The van der Waals surface area contributed by atoms with Crippen LogP contribution in [0.4, 0.5) is 0 Å². The quantitative estimate of drug-likeness (QED) is 0.795. The van der Waals surface area contributed by atoms with Gasteiger partial charge in [0.1, 0.15) is 5.75 Å². The van der Waals surface area contributed by atoms with E-state index in [1.807, 2.05) is 23.5 Å². The van der Waals surface area contributed by atoms with E-state index < -0.39 is 0 Å². The Kier molecular flexibility index (Phi) is 6.09. The van der Waals surface area contributed by atoms with Crippen LogP contribution in [0.3, 0.4) is 0 Å². The molecule has 0 fully saturated rings. The number of aryl methyl sites for hydroxylation is 2. The number of methoxy groups -OCH3 is 1. The molecule has 1 heterocycles. The van der Waals surface area contributed by atoms with Crippen LogP contribution < -0.4 is 10.1 Å². The summed E-state index contributed by atoms with van der Waals surface area (Å²) >= 11 is 1.85. The summed E-state index contributed by atoms with van der Waals surface area (Å²) in [6.07, 6.45) is 4.66. The van der Waals surface area contributed by atoms with Crippen molar-refractivity contribution in [3.63, 3.8) is 0 Å². The van der Waals surface area contributed by atoms with E-state index >= 15 is 0 Å². The minimum atomic E-state index is 0.583. The Labute approximate surface area is 125 Å². The molecule has 0 bridgehead atoms. The van der Waals surface area contributed by atoms with Crippen molar-refractivity contribution in [2.75, 3.05) is 14.2 Å². The summed E-state index contributed by atoms with van der Waals surface area (Å²) in [7, 11) is 3.77. The first kappa shape index (κ1) is 15.1. The van der Waals surface area contributed by atoms with Gasteiger partial charge in [0, 0.05) is 10.9 Å². The van der Waals surface area contributed by atoms with Crippen LogP contribution in [0, 0.1) is 0 Å². The van der Waals surface area contributed by atoms with E-state index in [9.17, 15) is 0 Å². The molecule has 0 radical (unpaired) electrons. The first-order valence-electron chi connectivity index (χ1n) is 7.14. The molecule has 0 amide bonds. The van der Waals surface area contributed by atoms with Gasteiger partial charge in [0.15, 0.2) is 0 Å². The van der Waals surface area contributed by atoms with Gasteiger partial charge in [-0.15, -0.1) is 11.3 Å². The molecule has 108 valence electrons. The SMILES string of the molecule is CNC(CCc1ccc(OC)cc1)CCc1cccs1. The van der Waals surface area contributed by atoms with E-state index in [1.165, 1.54) is 29.7 Å². The lowest BCUT2D eigenvalue weighted by Crippen LogP contribution is -2.26. The van der Waals surface area contributed by atoms with Crippen LogP contribution in [0.2, 0.25) is 0 Å². The second kappa shape index (κ2) is 8.08. The smallest absolute Gasteiger partial charge is 0.118 e. The summed E-state index contributed by atoms with van der Waals surface area (Å²) in [5.74, 6) is 0.927. The van der Waals surface area contributed by atoms with Gasteiger partial charge in [0.2, 0.25) is 0 Å². The molecule has 0 aliphatic heterocycles. The predicted octanol–water partition coefficient (Wildman–Crippen LogP) is 3.91. The van der Waals surface area contributed by atoms with Crippen LogP contribution in [0.1, 0.15) is 23.3 Å². The Morgan fingerprint density at radius 2 is 1.85 bits per heavy atom. The van der Waals surface area contributed by atoms with Gasteiger partial charge in [0.25, 0.3) is 0 Å². The van der Waals surface area contributed by atoms with Gasteiger partial charge >= 0.3 is 0 Å². The molecule has 1 aromatic heterocycles. The number of hydrogen-bond acceptors (Lipinski definition) is 3. The summed E-state index contributed by atoms with van der Waals surface area (Å²) in [5, 5.41) is 5.59. The zero-order valence-electron chi connectivity index (χ0n) is 12.3. The molecule has 1 N–H and O–H groups in total. The predicted molar refractivity (Wildman–Crippen MR) is 86.8 cm³/mol. The number of benzene rings is 1. The second-order valence-corrected chi connectivity index (χ2v) is 6.02. The van der Waals surface area contributed by atoms with Crippen LogP contribution in [0.15, 0.2) is 41.8 Å². The molecule has 1 unspecified atom stereocenters. The van der Waals surface area contributed by atoms with Crippen LogP contribution in [0.25, 0.3) is 0 Å². The average molecular weight is 289 g/mol. The number of rotatable bonds is 8. The zero-order chi connectivity index (χ0) is 14.2. The van der Waals surface area contributed by atoms with E-state index in [1.54, 1.807) is 7.11 Å². The van der Waals surface area contributed by atoms with Crippen molar-refractivity contribution < 1.29 is 4.74 Å². The highest BCUT2D eigenvalue weighted by Gasteiger charge is 2.07. The number of hydrogen-bond donors (Lipinski definition) is 1. The molecule has 20 heavy (non-hydrogen) atoms.